The lowest BCUT2D eigenvalue weighted by molar-refractivity contribution is -0.139. The van der Waals surface area contributed by atoms with Crippen molar-refractivity contribution < 1.29 is 9.53 Å². The highest BCUT2D eigenvalue weighted by molar-refractivity contribution is 5.78. The Labute approximate surface area is 116 Å². The van der Waals surface area contributed by atoms with E-state index in [2.05, 4.69) is 6.92 Å². The van der Waals surface area contributed by atoms with Crippen LogP contribution in [0.15, 0.2) is 0 Å². The third-order valence-corrected chi connectivity index (χ3v) is 4.94. The SMILES string of the molecule is CC(C(=O)N(C)C1CCOCC1)C1CCCC(N)C1. The molecule has 1 saturated heterocycles. The molecule has 2 N–H and O–H groups in total. The van der Waals surface area contributed by atoms with E-state index in [0.717, 1.165) is 45.3 Å². The van der Waals surface area contributed by atoms with Crippen molar-refractivity contribution >= 4 is 5.91 Å². The Bertz CT molecular complexity index is 303. The third kappa shape index (κ3) is 3.69. The van der Waals surface area contributed by atoms with Gasteiger partial charge in [0.15, 0.2) is 0 Å². The molecule has 3 atom stereocenters. The van der Waals surface area contributed by atoms with Crippen molar-refractivity contribution in [3.8, 4) is 0 Å². The molecule has 1 heterocycles. The minimum atomic E-state index is 0.110. The summed E-state index contributed by atoms with van der Waals surface area (Å²) < 4.78 is 5.37. The second kappa shape index (κ2) is 6.71. The van der Waals surface area contributed by atoms with Crippen LogP contribution in [0, 0.1) is 11.8 Å². The number of hydrogen-bond donors (Lipinski definition) is 1. The quantitative estimate of drug-likeness (QED) is 0.849. The molecule has 19 heavy (non-hydrogen) atoms. The molecule has 1 amide bonds. The summed E-state index contributed by atoms with van der Waals surface area (Å²) in [5.74, 6) is 0.878. The monoisotopic (exact) mass is 268 g/mol. The summed E-state index contributed by atoms with van der Waals surface area (Å²) in [6.45, 7) is 3.65. The number of rotatable bonds is 3. The van der Waals surface area contributed by atoms with Crippen molar-refractivity contribution in [1.29, 1.82) is 0 Å². The Balaban J connectivity index is 1.89. The van der Waals surface area contributed by atoms with Crippen molar-refractivity contribution in [3.63, 3.8) is 0 Å². The lowest BCUT2D eigenvalue weighted by Gasteiger charge is -2.36. The second-order valence-electron chi connectivity index (χ2n) is 6.27. The predicted octanol–water partition coefficient (Wildman–Crippen LogP) is 1.78. The zero-order valence-electron chi connectivity index (χ0n) is 12.3. The first-order valence-electron chi connectivity index (χ1n) is 7.69. The molecule has 1 aliphatic carbocycles. The predicted molar refractivity (Wildman–Crippen MR) is 75.7 cm³/mol. The summed E-state index contributed by atoms with van der Waals surface area (Å²) in [4.78, 5) is 14.6. The van der Waals surface area contributed by atoms with Crippen molar-refractivity contribution in [1.82, 2.24) is 4.90 Å². The average Bonchev–Trinajstić information content (AvgIpc) is 2.46. The standard InChI is InChI=1S/C15H28N2O2/c1-11(12-4-3-5-13(16)10-12)15(18)17(2)14-6-8-19-9-7-14/h11-14H,3-10,16H2,1-2H3. The number of ether oxygens (including phenoxy) is 1. The number of nitrogens with two attached hydrogens (primary N) is 1. The highest BCUT2D eigenvalue weighted by Gasteiger charge is 2.32. The van der Waals surface area contributed by atoms with E-state index in [0.29, 0.717) is 23.9 Å². The average molecular weight is 268 g/mol. The molecule has 3 unspecified atom stereocenters. The summed E-state index contributed by atoms with van der Waals surface area (Å²) in [6.07, 6.45) is 6.40. The Morgan fingerprint density at radius 1 is 1.26 bits per heavy atom. The Hall–Kier alpha value is -0.610. The third-order valence-electron chi connectivity index (χ3n) is 4.94. The van der Waals surface area contributed by atoms with Crippen LogP contribution in [-0.4, -0.2) is 43.2 Å². The van der Waals surface area contributed by atoms with Gasteiger partial charge in [-0.15, -0.1) is 0 Å². The van der Waals surface area contributed by atoms with Crippen LogP contribution in [0.5, 0.6) is 0 Å². The lowest BCUT2D eigenvalue weighted by atomic mass is 9.78. The molecule has 2 fully saturated rings. The minimum absolute atomic E-state index is 0.110. The van der Waals surface area contributed by atoms with Gasteiger partial charge in [0.1, 0.15) is 0 Å². The van der Waals surface area contributed by atoms with Gasteiger partial charge in [-0.05, 0) is 38.0 Å². The number of amides is 1. The Morgan fingerprint density at radius 2 is 1.95 bits per heavy atom. The largest absolute Gasteiger partial charge is 0.381 e. The molecule has 1 aliphatic heterocycles. The van der Waals surface area contributed by atoms with Gasteiger partial charge >= 0.3 is 0 Å². The van der Waals surface area contributed by atoms with Crippen LogP contribution in [0.2, 0.25) is 0 Å². The Kier molecular flexibility index (Phi) is 5.22. The molecule has 0 bridgehead atoms. The fourth-order valence-corrected chi connectivity index (χ4v) is 3.50. The van der Waals surface area contributed by atoms with Crippen molar-refractivity contribution in [2.45, 2.75) is 57.5 Å². The molecule has 0 aromatic carbocycles. The van der Waals surface area contributed by atoms with Gasteiger partial charge in [-0.1, -0.05) is 13.3 Å². The van der Waals surface area contributed by atoms with Crippen LogP contribution in [-0.2, 0) is 9.53 Å². The number of carbonyl (C=O) groups is 1. The first-order valence-corrected chi connectivity index (χ1v) is 7.69. The first kappa shape index (κ1) is 14.8. The maximum absolute atomic E-state index is 12.6. The van der Waals surface area contributed by atoms with E-state index in [1.807, 2.05) is 11.9 Å². The van der Waals surface area contributed by atoms with Gasteiger partial charge in [-0.2, -0.15) is 0 Å². The van der Waals surface area contributed by atoms with Crippen molar-refractivity contribution in [3.05, 3.63) is 0 Å². The normalized spacial score (nSPS) is 30.9. The van der Waals surface area contributed by atoms with Crippen LogP contribution in [0.4, 0.5) is 0 Å². The smallest absolute Gasteiger partial charge is 0.225 e. The summed E-state index contributed by atoms with van der Waals surface area (Å²) in [7, 11) is 1.96. The van der Waals surface area contributed by atoms with E-state index < -0.39 is 0 Å². The molecule has 4 heteroatoms. The number of hydrogen-bond acceptors (Lipinski definition) is 3. The van der Waals surface area contributed by atoms with Crippen LogP contribution in [0.3, 0.4) is 0 Å². The molecule has 0 spiro atoms. The molecular weight excluding hydrogens is 240 g/mol. The fraction of sp³-hybridized carbons (Fsp3) is 0.933. The van der Waals surface area contributed by atoms with E-state index in [1.54, 1.807) is 0 Å². The zero-order chi connectivity index (χ0) is 13.8. The maximum atomic E-state index is 12.6. The fourth-order valence-electron chi connectivity index (χ4n) is 3.50. The summed E-state index contributed by atoms with van der Waals surface area (Å²) in [5, 5.41) is 0. The molecule has 2 rings (SSSR count). The van der Waals surface area contributed by atoms with E-state index in [-0.39, 0.29) is 5.92 Å². The van der Waals surface area contributed by atoms with E-state index in [9.17, 15) is 4.79 Å². The van der Waals surface area contributed by atoms with Crippen LogP contribution >= 0.6 is 0 Å². The molecular formula is C15H28N2O2. The van der Waals surface area contributed by atoms with Crippen molar-refractivity contribution in [2.75, 3.05) is 20.3 Å². The molecule has 1 saturated carbocycles. The molecule has 4 nitrogen and oxygen atoms in total. The van der Waals surface area contributed by atoms with Crippen LogP contribution in [0.1, 0.15) is 45.4 Å². The van der Waals surface area contributed by atoms with Gasteiger partial charge < -0.3 is 15.4 Å². The van der Waals surface area contributed by atoms with Gasteiger partial charge in [0.25, 0.3) is 0 Å². The van der Waals surface area contributed by atoms with Gasteiger partial charge in [0.2, 0.25) is 5.91 Å². The van der Waals surface area contributed by atoms with E-state index in [4.69, 9.17) is 10.5 Å². The summed E-state index contributed by atoms with van der Waals surface area (Å²) in [6, 6.07) is 0.656. The highest BCUT2D eigenvalue weighted by atomic mass is 16.5. The van der Waals surface area contributed by atoms with Gasteiger partial charge in [0, 0.05) is 38.3 Å². The first-order chi connectivity index (χ1) is 9.09. The molecule has 110 valence electrons. The zero-order valence-corrected chi connectivity index (χ0v) is 12.3. The Morgan fingerprint density at radius 3 is 2.58 bits per heavy atom. The lowest BCUT2D eigenvalue weighted by Crippen LogP contribution is -2.45. The van der Waals surface area contributed by atoms with Crippen LogP contribution in [0.25, 0.3) is 0 Å². The molecule has 0 aromatic rings. The summed E-state index contributed by atoms with van der Waals surface area (Å²) >= 11 is 0. The van der Waals surface area contributed by atoms with Gasteiger partial charge in [-0.25, -0.2) is 0 Å². The second-order valence-corrected chi connectivity index (χ2v) is 6.27. The van der Waals surface area contributed by atoms with Gasteiger partial charge in [0.05, 0.1) is 0 Å². The van der Waals surface area contributed by atoms with Crippen molar-refractivity contribution in [2.24, 2.45) is 17.6 Å². The molecule has 0 radical (unpaired) electrons. The summed E-state index contributed by atoms with van der Waals surface area (Å²) in [5.41, 5.74) is 6.04. The maximum Gasteiger partial charge on any atom is 0.225 e. The molecule has 0 aromatic heterocycles. The van der Waals surface area contributed by atoms with Crippen LogP contribution < -0.4 is 5.73 Å². The number of carbonyl (C=O) groups excluding carboxylic acids is 1. The highest BCUT2D eigenvalue weighted by Crippen LogP contribution is 2.31. The van der Waals surface area contributed by atoms with E-state index in [1.165, 1.54) is 6.42 Å². The van der Waals surface area contributed by atoms with Gasteiger partial charge in [-0.3, -0.25) is 4.79 Å². The topological polar surface area (TPSA) is 55.6 Å². The van der Waals surface area contributed by atoms with E-state index >= 15 is 0 Å². The minimum Gasteiger partial charge on any atom is -0.381 e. The molecule has 2 aliphatic rings. The number of nitrogens with zero attached hydrogens (tertiary/aromatic N) is 1.